The predicted molar refractivity (Wildman–Crippen MR) is 63.9 cm³/mol. The molecule has 0 radical (unpaired) electrons. The van der Waals surface area contributed by atoms with Gasteiger partial charge in [0.1, 0.15) is 0 Å². The second kappa shape index (κ2) is 7.63. The molecule has 0 fully saturated rings. The number of nitrogens with two attached hydrogens (primary N) is 1. The molecule has 2 nitrogen and oxygen atoms in total. The van der Waals surface area contributed by atoms with Gasteiger partial charge in [-0.2, -0.15) is 0 Å². The Bertz CT molecular complexity index is 157. The van der Waals surface area contributed by atoms with E-state index in [4.69, 9.17) is 10.5 Å². The van der Waals surface area contributed by atoms with E-state index >= 15 is 0 Å². The van der Waals surface area contributed by atoms with Gasteiger partial charge in [0.15, 0.2) is 0 Å². The quantitative estimate of drug-likeness (QED) is 0.702. The van der Waals surface area contributed by atoms with Gasteiger partial charge in [-0.15, -0.1) is 0 Å². The van der Waals surface area contributed by atoms with Gasteiger partial charge in [0.25, 0.3) is 0 Å². The maximum Gasteiger partial charge on any atom is 0.0961 e. The molecule has 0 atom stereocenters. The highest BCUT2D eigenvalue weighted by Crippen LogP contribution is 2.07. The van der Waals surface area contributed by atoms with Gasteiger partial charge in [0.05, 0.1) is 11.5 Å². The standard InChI is InChI=1S/C8H14O.C4H11N/c1-5-7(3)9-8(4)6-2;1-4(2,3)5/h3-6H2,1-2H3;5H2,1-3H3. The molecule has 14 heavy (non-hydrogen) atoms. The first-order valence-corrected chi connectivity index (χ1v) is 5.03. The van der Waals surface area contributed by atoms with Gasteiger partial charge in [-0.25, -0.2) is 0 Å². The van der Waals surface area contributed by atoms with Crippen molar-refractivity contribution < 1.29 is 4.74 Å². The van der Waals surface area contributed by atoms with Crippen molar-refractivity contribution in [3.63, 3.8) is 0 Å². The summed E-state index contributed by atoms with van der Waals surface area (Å²) in [5.41, 5.74) is 5.35. The highest BCUT2D eigenvalue weighted by atomic mass is 16.5. The van der Waals surface area contributed by atoms with Crippen LogP contribution in [0.25, 0.3) is 0 Å². The summed E-state index contributed by atoms with van der Waals surface area (Å²) in [6.45, 7) is 17.3. The normalized spacial score (nSPS) is 9.86. The minimum Gasteiger partial charge on any atom is -0.467 e. The van der Waals surface area contributed by atoms with E-state index in [0.29, 0.717) is 0 Å². The lowest BCUT2D eigenvalue weighted by Gasteiger charge is -2.06. The van der Waals surface area contributed by atoms with Gasteiger partial charge in [-0.1, -0.05) is 27.0 Å². The lowest BCUT2D eigenvalue weighted by molar-refractivity contribution is 0.287. The molecule has 0 saturated heterocycles. The summed E-state index contributed by atoms with van der Waals surface area (Å²) in [7, 11) is 0. The highest BCUT2D eigenvalue weighted by molar-refractivity contribution is 4.91. The second-order valence-electron chi connectivity index (χ2n) is 4.25. The summed E-state index contributed by atoms with van der Waals surface area (Å²) in [6.07, 6.45) is 1.72. The zero-order chi connectivity index (χ0) is 11.8. The zero-order valence-electron chi connectivity index (χ0n) is 10.3. The summed E-state index contributed by atoms with van der Waals surface area (Å²) in [4.78, 5) is 0. The molecule has 0 aromatic heterocycles. The minimum atomic E-state index is 0. The third-order valence-electron chi connectivity index (χ3n) is 1.08. The van der Waals surface area contributed by atoms with E-state index < -0.39 is 0 Å². The molecule has 0 aliphatic carbocycles. The molecule has 84 valence electrons. The fourth-order valence-corrected chi connectivity index (χ4v) is 0.348. The van der Waals surface area contributed by atoms with Gasteiger partial charge in [-0.3, -0.25) is 0 Å². The molecular formula is C12H25NO. The van der Waals surface area contributed by atoms with Crippen LogP contribution < -0.4 is 5.73 Å². The Morgan fingerprint density at radius 2 is 1.29 bits per heavy atom. The van der Waals surface area contributed by atoms with Crippen LogP contribution in [0.15, 0.2) is 24.7 Å². The molecule has 0 saturated carbocycles. The molecule has 0 aromatic rings. The Morgan fingerprint density at radius 1 is 1.07 bits per heavy atom. The lowest BCUT2D eigenvalue weighted by atomic mass is 10.1. The molecule has 0 aliphatic heterocycles. The van der Waals surface area contributed by atoms with Crippen molar-refractivity contribution in [3.05, 3.63) is 24.7 Å². The van der Waals surface area contributed by atoms with E-state index in [1.54, 1.807) is 0 Å². The van der Waals surface area contributed by atoms with Gasteiger partial charge in [0, 0.05) is 18.4 Å². The molecule has 2 heteroatoms. The van der Waals surface area contributed by atoms with Crippen LogP contribution in [0.5, 0.6) is 0 Å². The van der Waals surface area contributed by atoms with Crippen LogP contribution in [0.2, 0.25) is 0 Å². The molecule has 0 rings (SSSR count). The average Bonchev–Trinajstić information content (AvgIpc) is 2.01. The average molecular weight is 199 g/mol. The van der Waals surface area contributed by atoms with Crippen LogP contribution in [0.1, 0.15) is 47.5 Å². The first kappa shape index (κ1) is 15.7. The third kappa shape index (κ3) is 22.5. The van der Waals surface area contributed by atoms with E-state index in [1.165, 1.54) is 0 Å². The summed E-state index contributed by atoms with van der Waals surface area (Å²) < 4.78 is 5.16. The summed E-state index contributed by atoms with van der Waals surface area (Å²) in [5.74, 6) is 1.59. The van der Waals surface area contributed by atoms with Crippen molar-refractivity contribution in [2.75, 3.05) is 0 Å². The van der Waals surface area contributed by atoms with Crippen molar-refractivity contribution in [3.8, 4) is 0 Å². The number of rotatable bonds is 4. The Hall–Kier alpha value is -0.760. The van der Waals surface area contributed by atoms with Gasteiger partial charge < -0.3 is 10.5 Å². The molecule has 0 bridgehead atoms. The monoisotopic (exact) mass is 199 g/mol. The first-order valence-electron chi connectivity index (χ1n) is 5.03. The molecule has 0 heterocycles. The number of hydrogen-bond donors (Lipinski definition) is 1. The van der Waals surface area contributed by atoms with E-state index in [2.05, 4.69) is 13.2 Å². The summed E-state index contributed by atoms with van der Waals surface area (Å²) >= 11 is 0. The van der Waals surface area contributed by atoms with Crippen molar-refractivity contribution in [2.24, 2.45) is 5.73 Å². The van der Waals surface area contributed by atoms with E-state index in [9.17, 15) is 0 Å². The Balaban J connectivity index is 0. The fraction of sp³-hybridized carbons (Fsp3) is 0.667. The summed E-state index contributed by atoms with van der Waals surface area (Å²) in [6, 6.07) is 0. The van der Waals surface area contributed by atoms with Crippen molar-refractivity contribution >= 4 is 0 Å². The van der Waals surface area contributed by atoms with Crippen LogP contribution >= 0.6 is 0 Å². The number of allylic oxidation sites excluding steroid dienone is 2. The van der Waals surface area contributed by atoms with Crippen LogP contribution in [0, 0.1) is 0 Å². The van der Waals surface area contributed by atoms with Crippen LogP contribution in [0.3, 0.4) is 0 Å². The van der Waals surface area contributed by atoms with E-state index in [-0.39, 0.29) is 5.54 Å². The predicted octanol–water partition coefficient (Wildman–Crippen LogP) is 3.59. The molecule has 0 spiro atoms. The van der Waals surface area contributed by atoms with Gasteiger partial charge in [0.2, 0.25) is 0 Å². The van der Waals surface area contributed by atoms with Gasteiger partial charge in [-0.05, 0) is 20.8 Å². The fourth-order valence-electron chi connectivity index (χ4n) is 0.348. The van der Waals surface area contributed by atoms with Crippen LogP contribution in [-0.4, -0.2) is 5.54 Å². The summed E-state index contributed by atoms with van der Waals surface area (Å²) in [5, 5.41) is 0. The van der Waals surface area contributed by atoms with Crippen LogP contribution in [0.4, 0.5) is 0 Å². The Labute approximate surface area is 88.8 Å². The highest BCUT2D eigenvalue weighted by Gasteiger charge is 1.95. The second-order valence-corrected chi connectivity index (χ2v) is 4.25. The SMILES string of the molecule is C=C(CC)OC(=C)CC.CC(C)(C)N. The lowest BCUT2D eigenvalue weighted by Crippen LogP contribution is -2.26. The zero-order valence-corrected chi connectivity index (χ0v) is 10.3. The van der Waals surface area contributed by atoms with E-state index in [0.717, 1.165) is 24.4 Å². The number of ether oxygens (including phenoxy) is 1. The molecule has 0 aliphatic rings. The molecule has 2 N–H and O–H groups in total. The van der Waals surface area contributed by atoms with E-state index in [1.807, 2.05) is 34.6 Å². The van der Waals surface area contributed by atoms with Crippen LogP contribution in [-0.2, 0) is 4.74 Å². The van der Waals surface area contributed by atoms with Crippen molar-refractivity contribution in [1.82, 2.24) is 0 Å². The van der Waals surface area contributed by atoms with Gasteiger partial charge >= 0.3 is 0 Å². The molecule has 0 unspecified atom stereocenters. The largest absolute Gasteiger partial charge is 0.467 e. The Morgan fingerprint density at radius 3 is 1.43 bits per heavy atom. The Kier molecular flexibility index (Phi) is 8.55. The maximum absolute atomic E-state index is 5.35. The smallest absolute Gasteiger partial charge is 0.0961 e. The topological polar surface area (TPSA) is 35.2 Å². The maximum atomic E-state index is 5.35. The molecular weight excluding hydrogens is 174 g/mol. The van der Waals surface area contributed by atoms with Crippen molar-refractivity contribution in [1.29, 1.82) is 0 Å². The first-order chi connectivity index (χ1) is 6.20. The molecule has 0 aromatic carbocycles. The molecule has 0 amide bonds. The minimum absolute atomic E-state index is 0. The van der Waals surface area contributed by atoms with Crippen molar-refractivity contribution in [2.45, 2.75) is 53.0 Å². The number of hydrogen-bond acceptors (Lipinski definition) is 2. The third-order valence-corrected chi connectivity index (χ3v) is 1.08.